The Bertz CT molecular complexity index is 623. The number of hydrogen-bond acceptors (Lipinski definition) is 5. The predicted octanol–water partition coefficient (Wildman–Crippen LogP) is 2.04. The summed E-state index contributed by atoms with van der Waals surface area (Å²) in [5, 5.41) is 9.02. The largest absolute Gasteiger partial charge is 0.494 e. The molecule has 0 N–H and O–H groups in total. The number of aryl methyl sites for hydroxylation is 2. The molecule has 5 heteroatoms. The zero-order chi connectivity index (χ0) is 13.3. The second kappa shape index (κ2) is 4.60. The molecule has 0 aliphatic rings. The standard InChI is InChI=1S/C13H14N2O3/c1-7-8(2)14-15-12-10(7)5-9(13(16)18-4)6-11(12)17-3/h5-6H,1-4H3. The molecule has 5 nitrogen and oxygen atoms in total. The summed E-state index contributed by atoms with van der Waals surface area (Å²) >= 11 is 0. The Labute approximate surface area is 105 Å². The number of esters is 1. The van der Waals surface area contributed by atoms with E-state index in [0.29, 0.717) is 16.8 Å². The molecule has 0 spiro atoms. The summed E-state index contributed by atoms with van der Waals surface area (Å²) in [6.45, 7) is 3.81. The van der Waals surface area contributed by atoms with Crippen molar-refractivity contribution in [3.63, 3.8) is 0 Å². The van der Waals surface area contributed by atoms with Crippen molar-refractivity contribution in [2.75, 3.05) is 14.2 Å². The van der Waals surface area contributed by atoms with Crippen LogP contribution in [0.4, 0.5) is 0 Å². The van der Waals surface area contributed by atoms with E-state index in [0.717, 1.165) is 16.6 Å². The van der Waals surface area contributed by atoms with Crippen molar-refractivity contribution in [3.05, 3.63) is 29.0 Å². The van der Waals surface area contributed by atoms with Gasteiger partial charge in [0, 0.05) is 5.39 Å². The fourth-order valence-corrected chi connectivity index (χ4v) is 1.78. The number of benzene rings is 1. The highest BCUT2D eigenvalue weighted by Crippen LogP contribution is 2.28. The Morgan fingerprint density at radius 1 is 1.17 bits per heavy atom. The number of aromatic nitrogens is 2. The quantitative estimate of drug-likeness (QED) is 0.759. The second-order valence-electron chi connectivity index (χ2n) is 3.98. The molecular formula is C13H14N2O3. The van der Waals surface area contributed by atoms with Crippen LogP contribution in [0.1, 0.15) is 21.6 Å². The predicted molar refractivity (Wildman–Crippen MR) is 66.9 cm³/mol. The summed E-state index contributed by atoms with van der Waals surface area (Å²) in [5.74, 6) is 0.118. The van der Waals surface area contributed by atoms with Crippen LogP contribution >= 0.6 is 0 Å². The Balaban J connectivity index is 2.80. The SMILES string of the molecule is COC(=O)c1cc(OC)c2nnc(C)c(C)c2c1. The van der Waals surface area contributed by atoms with Gasteiger partial charge in [0.05, 0.1) is 25.5 Å². The number of nitrogens with zero attached hydrogens (tertiary/aromatic N) is 2. The summed E-state index contributed by atoms with van der Waals surface area (Å²) in [6, 6.07) is 3.36. The van der Waals surface area contributed by atoms with Crippen LogP contribution in [0.15, 0.2) is 12.1 Å². The van der Waals surface area contributed by atoms with Gasteiger partial charge in [-0.15, -0.1) is 5.10 Å². The minimum absolute atomic E-state index is 0.399. The monoisotopic (exact) mass is 246 g/mol. The van der Waals surface area contributed by atoms with Gasteiger partial charge in [0.1, 0.15) is 11.3 Å². The number of ether oxygens (including phenoxy) is 2. The zero-order valence-corrected chi connectivity index (χ0v) is 10.8. The lowest BCUT2D eigenvalue weighted by atomic mass is 10.1. The van der Waals surface area contributed by atoms with Crippen molar-refractivity contribution >= 4 is 16.9 Å². The number of carbonyl (C=O) groups is 1. The normalized spacial score (nSPS) is 10.4. The first-order chi connectivity index (χ1) is 8.58. The smallest absolute Gasteiger partial charge is 0.338 e. The van der Waals surface area contributed by atoms with Gasteiger partial charge in [0.2, 0.25) is 0 Å². The van der Waals surface area contributed by atoms with E-state index in [1.54, 1.807) is 12.1 Å². The number of fused-ring (bicyclic) bond motifs is 1. The van der Waals surface area contributed by atoms with Gasteiger partial charge in [-0.25, -0.2) is 4.79 Å². The highest BCUT2D eigenvalue weighted by Gasteiger charge is 2.14. The van der Waals surface area contributed by atoms with Crippen LogP contribution in [0.5, 0.6) is 5.75 Å². The summed E-state index contributed by atoms with van der Waals surface area (Å²) < 4.78 is 9.97. The van der Waals surface area contributed by atoms with E-state index in [-0.39, 0.29) is 0 Å². The van der Waals surface area contributed by atoms with Crippen LogP contribution in [0.3, 0.4) is 0 Å². The molecule has 2 aromatic rings. The molecule has 0 amide bonds. The minimum Gasteiger partial charge on any atom is -0.494 e. The third-order valence-corrected chi connectivity index (χ3v) is 2.96. The molecule has 94 valence electrons. The van der Waals surface area contributed by atoms with E-state index in [1.807, 2.05) is 13.8 Å². The molecule has 0 saturated carbocycles. The molecule has 0 aliphatic heterocycles. The number of carbonyl (C=O) groups excluding carboxylic acids is 1. The molecular weight excluding hydrogens is 232 g/mol. The maximum atomic E-state index is 11.6. The first kappa shape index (κ1) is 12.3. The average molecular weight is 246 g/mol. The molecule has 1 aromatic heterocycles. The lowest BCUT2D eigenvalue weighted by molar-refractivity contribution is 0.0600. The summed E-state index contributed by atoms with van der Waals surface area (Å²) in [5.41, 5.74) is 2.89. The molecule has 2 rings (SSSR count). The maximum absolute atomic E-state index is 11.6. The third kappa shape index (κ3) is 1.88. The van der Waals surface area contributed by atoms with Gasteiger partial charge in [-0.05, 0) is 31.5 Å². The third-order valence-electron chi connectivity index (χ3n) is 2.96. The molecule has 18 heavy (non-hydrogen) atoms. The summed E-state index contributed by atoms with van der Waals surface area (Å²) in [6.07, 6.45) is 0. The van der Waals surface area contributed by atoms with Gasteiger partial charge in [-0.1, -0.05) is 0 Å². The lowest BCUT2D eigenvalue weighted by Crippen LogP contribution is -2.04. The Kier molecular flexibility index (Phi) is 3.14. The molecule has 1 heterocycles. The topological polar surface area (TPSA) is 61.3 Å². The van der Waals surface area contributed by atoms with Crippen LogP contribution < -0.4 is 4.74 Å². The fraction of sp³-hybridized carbons (Fsp3) is 0.308. The Morgan fingerprint density at radius 2 is 1.89 bits per heavy atom. The van der Waals surface area contributed by atoms with Crippen molar-refractivity contribution in [1.29, 1.82) is 0 Å². The van der Waals surface area contributed by atoms with Crippen LogP contribution in [-0.2, 0) is 4.74 Å². The van der Waals surface area contributed by atoms with Crippen molar-refractivity contribution in [3.8, 4) is 5.75 Å². The number of hydrogen-bond donors (Lipinski definition) is 0. The molecule has 0 bridgehead atoms. The summed E-state index contributed by atoms with van der Waals surface area (Å²) in [4.78, 5) is 11.6. The minimum atomic E-state index is -0.399. The average Bonchev–Trinajstić information content (AvgIpc) is 2.41. The molecule has 0 atom stereocenters. The van der Waals surface area contributed by atoms with Gasteiger partial charge in [0.25, 0.3) is 0 Å². The van der Waals surface area contributed by atoms with E-state index < -0.39 is 5.97 Å². The molecule has 0 unspecified atom stereocenters. The van der Waals surface area contributed by atoms with E-state index in [4.69, 9.17) is 9.47 Å². The molecule has 0 radical (unpaired) electrons. The molecule has 0 fully saturated rings. The van der Waals surface area contributed by atoms with Gasteiger partial charge >= 0.3 is 5.97 Å². The van der Waals surface area contributed by atoms with E-state index in [2.05, 4.69) is 10.2 Å². The van der Waals surface area contributed by atoms with E-state index in [1.165, 1.54) is 14.2 Å². The van der Waals surface area contributed by atoms with Crippen molar-refractivity contribution in [1.82, 2.24) is 10.2 Å². The molecule has 0 saturated heterocycles. The summed E-state index contributed by atoms with van der Waals surface area (Å²) in [7, 11) is 2.88. The Hall–Kier alpha value is -2.17. The zero-order valence-electron chi connectivity index (χ0n) is 10.8. The van der Waals surface area contributed by atoms with Crippen LogP contribution in [0, 0.1) is 13.8 Å². The van der Waals surface area contributed by atoms with Gasteiger partial charge in [-0.3, -0.25) is 0 Å². The van der Waals surface area contributed by atoms with Crippen LogP contribution in [-0.4, -0.2) is 30.4 Å². The first-order valence-electron chi connectivity index (χ1n) is 5.48. The highest BCUT2D eigenvalue weighted by molar-refractivity contribution is 5.98. The number of rotatable bonds is 2. The van der Waals surface area contributed by atoms with Gasteiger partial charge in [-0.2, -0.15) is 5.10 Å². The highest BCUT2D eigenvalue weighted by atomic mass is 16.5. The van der Waals surface area contributed by atoms with E-state index in [9.17, 15) is 4.79 Å². The lowest BCUT2D eigenvalue weighted by Gasteiger charge is -2.10. The number of methoxy groups -OCH3 is 2. The van der Waals surface area contributed by atoms with Crippen LogP contribution in [0.25, 0.3) is 10.9 Å². The van der Waals surface area contributed by atoms with Gasteiger partial charge in [0.15, 0.2) is 0 Å². The van der Waals surface area contributed by atoms with E-state index >= 15 is 0 Å². The maximum Gasteiger partial charge on any atom is 0.338 e. The Morgan fingerprint density at radius 3 is 2.50 bits per heavy atom. The van der Waals surface area contributed by atoms with Gasteiger partial charge < -0.3 is 9.47 Å². The first-order valence-corrected chi connectivity index (χ1v) is 5.48. The molecule has 0 aliphatic carbocycles. The van der Waals surface area contributed by atoms with Crippen molar-refractivity contribution in [2.24, 2.45) is 0 Å². The van der Waals surface area contributed by atoms with Crippen molar-refractivity contribution in [2.45, 2.75) is 13.8 Å². The second-order valence-corrected chi connectivity index (χ2v) is 3.98. The fourth-order valence-electron chi connectivity index (χ4n) is 1.78. The van der Waals surface area contributed by atoms with Crippen LogP contribution in [0.2, 0.25) is 0 Å². The van der Waals surface area contributed by atoms with Crippen molar-refractivity contribution < 1.29 is 14.3 Å². The molecule has 1 aromatic carbocycles.